The summed E-state index contributed by atoms with van der Waals surface area (Å²) in [4.78, 5) is 10.9. The van der Waals surface area contributed by atoms with Gasteiger partial charge in [0.2, 0.25) is 0 Å². The Morgan fingerprint density at radius 3 is 1.76 bits per heavy atom. The fourth-order valence-electron chi connectivity index (χ4n) is 2.47. The molecule has 0 aromatic carbocycles. The molecule has 0 bridgehead atoms. The van der Waals surface area contributed by atoms with Crippen molar-refractivity contribution in [3.63, 3.8) is 0 Å². The number of unbranched alkanes of at least 4 members (excludes halogenated alkanes) is 11. The van der Waals surface area contributed by atoms with E-state index in [0.717, 1.165) is 12.8 Å². The van der Waals surface area contributed by atoms with Crippen molar-refractivity contribution in [2.45, 2.75) is 96.8 Å². The Hall–Kier alpha value is -0.790. The van der Waals surface area contributed by atoms with Gasteiger partial charge < -0.3 is 4.74 Å². The molecule has 0 saturated heterocycles. The van der Waals surface area contributed by atoms with Crippen molar-refractivity contribution in [2.24, 2.45) is 0 Å². The molecule has 0 aliphatic carbocycles. The van der Waals surface area contributed by atoms with Crippen LogP contribution >= 0.6 is 0 Å². The van der Waals surface area contributed by atoms with Crippen LogP contribution in [0.15, 0.2) is 12.2 Å². The Kier molecular flexibility index (Phi) is 16.6. The number of methoxy groups -OCH3 is 1. The highest BCUT2D eigenvalue weighted by atomic mass is 16.5. The van der Waals surface area contributed by atoms with Gasteiger partial charge in [-0.3, -0.25) is 4.79 Å². The molecule has 0 heterocycles. The van der Waals surface area contributed by atoms with Crippen LogP contribution in [0.2, 0.25) is 0 Å². The van der Waals surface area contributed by atoms with E-state index in [4.69, 9.17) is 0 Å². The summed E-state index contributed by atoms with van der Waals surface area (Å²) < 4.78 is 4.60. The van der Waals surface area contributed by atoms with Crippen molar-refractivity contribution in [1.82, 2.24) is 0 Å². The van der Waals surface area contributed by atoms with Crippen molar-refractivity contribution < 1.29 is 9.53 Å². The van der Waals surface area contributed by atoms with Crippen molar-refractivity contribution in [3.8, 4) is 0 Å². The van der Waals surface area contributed by atoms with E-state index in [1.807, 2.05) is 0 Å². The van der Waals surface area contributed by atoms with Gasteiger partial charge in [0, 0.05) is 6.42 Å². The van der Waals surface area contributed by atoms with Crippen molar-refractivity contribution in [2.75, 3.05) is 7.11 Å². The second-order valence-corrected chi connectivity index (χ2v) is 5.91. The molecule has 0 spiro atoms. The van der Waals surface area contributed by atoms with Crippen molar-refractivity contribution in [3.05, 3.63) is 12.2 Å². The minimum absolute atomic E-state index is 0.116. The molecule has 0 aliphatic heterocycles. The number of hydrogen-bond donors (Lipinski definition) is 0. The standard InChI is InChI=1S/C19H36O2/c1-3-4-5-6-7-8-9-10-11-12-13-14-15-16-17-18-19(20)21-2/h15-16H,3-14,17-18H2,1-2H3. The summed E-state index contributed by atoms with van der Waals surface area (Å²) in [7, 11) is 1.44. The summed E-state index contributed by atoms with van der Waals surface area (Å²) in [6.45, 7) is 2.27. The van der Waals surface area contributed by atoms with E-state index in [1.165, 1.54) is 77.7 Å². The van der Waals surface area contributed by atoms with Crippen LogP contribution in [0.5, 0.6) is 0 Å². The SMILES string of the molecule is CCCCCCCCCCCCCC=CCCC(=O)OC. The average Bonchev–Trinajstić information content (AvgIpc) is 2.50. The minimum atomic E-state index is -0.116. The first-order valence-corrected chi connectivity index (χ1v) is 9.03. The highest BCUT2D eigenvalue weighted by molar-refractivity contribution is 5.69. The Morgan fingerprint density at radius 1 is 0.762 bits per heavy atom. The van der Waals surface area contributed by atoms with Crippen LogP contribution in [0.1, 0.15) is 96.8 Å². The fourth-order valence-corrected chi connectivity index (χ4v) is 2.47. The molecule has 21 heavy (non-hydrogen) atoms. The molecule has 0 aliphatic rings. The van der Waals surface area contributed by atoms with E-state index in [-0.39, 0.29) is 5.97 Å². The van der Waals surface area contributed by atoms with Crippen LogP contribution in [0, 0.1) is 0 Å². The van der Waals surface area contributed by atoms with E-state index in [9.17, 15) is 4.79 Å². The Labute approximate surface area is 132 Å². The van der Waals surface area contributed by atoms with Gasteiger partial charge in [-0.05, 0) is 19.3 Å². The van der Waals surface area contributed by atoms with Gasteiger partial charge in [0.1, 0.15) is 0 Å². The first kappa shape index (κ1) is 20.2. The average molecular weight is 296 g/mol. The van der Waals surface area contributed by atoms with E-state index >= 15 is 0 Å². The molecule has 0 saturated carbocycles. The highest BCUT2D eigenvalue weighted by Crippen LogP contribution is 2.12. The van der Waals surface area contributed by atoms with Gasteiger partial charge in [-0.25, -0.2) is 0 Å². The predicted molar refractivity (Wildman–Crippen MR) is 91.5 cm³/mol. The summed E-state index contributed by atoms with van der Waals surface area (Å²) in [6, 6.07) is 0. The maximum Gasteiger partial charge on any atom is 0.305 e. The number of carbonyl (C=O) groups is 1. The molecule has 0 amide bonds. The van der Waals surface area contributed by atoms with Crippen LogP contribution < -0.4 is 0 Å². The van der Waals surface area contributed by atoms with Gasteiger partial charge in [-0.15, -0.1) is 0 Å². The lowest BCUT2D eigenvalue weighted by Gasteiger charge is -2.01. The molecule has 0 atom stereocenters. The normalized spacial score (nSPS) is 11.1. The number of hydrogen-bond acceptors (Lipinski definition) is 2. The monoisotopic (exact) mass is 296 g/mol. The van der Waals surface area contributed by atoms with E-state index in [0.29, 0.717) is 6.42 Å². The fraction of sp³-hybridized carbons (Fsp3) is 0.842. The molecule has 0 rings (SSSR count). The van der Waals surface area contributed by atoms with Gasteiger partial charge in [0.05, 0.1) is 7.11 Å². The number of rotatable bonds is 15. The predicted octanol–water partition coefficient (Wildman–Crippen LogP) is 6.20. The number of ether oxygens (including phenoxy) is 1. The number of esters is 1. The lowest BCUT2D eigenvalue weighted by Crippen LogP contribution is -1.97. The second-order valence-electron chi connectivity index (χ2n) is 5.91. The molecule has 0 unspecified atom stereocenters. The van der Waals surface area contributed by atoms with Crippen LogP contribution in [-0.4, -0.2) is 13.1 Å². The van der Waals surface area contributed by atoms with E-state index in [1.54, 1.807) is 0 Å². The molecule has 2 nitrogen and oxygen atoms in total. The quantitative estimate of drug-likeness (QED) is 0.204. The minimum Gasteiger partial charge on any atom is -0.469 e. The van der Waals surface area contributed by atoms with E-state index < -0.39 is 0 Å². The van der Waals surface area contributed by atoms with Gasteiger partial charge in [0.25, 0.3) is 0 Å². The molecular formula is C19H36O2. The number of carbonyl (C=O) groups excluding carboxylic acids is 1. The lowest BCUT2D eigenvalue weighted by molar-refractivity contribution is -0.140. The molecule has 0 aromatic heterocycles. The first-order valence-electron chi connectivity index (χ1n) is 9.03. The molecular weight excluding hydrogens is 260 g/mol. The molecule has 2 heteroatoms. The smallest absolute Gasteiger partial charge is 0.305 e. The molecule has 0 radical (unpaired) electrons. The van der Waals surface area contributed by atoms with E-state index in [2.05, 4.69) is 23.8 Å². The lowest BCUT2D eigenvalue weighted by atomic mass is 10.1. The topological polar surface area (TPSA) is 26.3 Å². The maximum atomic E-state index is 10.9. The molecule has 0 fully saturated rings. The first-order chi connectivity index (χ1) is 10.3. The largest absolute Gasteiger partial charge is 0.469 e. The van der Waals surface area contributed by atoms with Crippen LogP contribution in [0.4, 0.5) is 0 Å². The van der Waals surface area contributed by atoms with Gasteiger partial charge in [0.15, 0.2) is 0 Å². The molecule has 0 aromatic rings. The van der Waals surface area contributed by atoms with Crippen LogP contribution in [-0.2, 0) is 9.53 Å². The van der Waals surface area contributed by atoms with Crippen LogP contribution in [0.3, 0.4) is 0 Å². The maximum absolute atomic E-state index is 10.9. The summed E-state index contributed by atoms with van der Waals surface area (Å²) in [5.41, 5.74) is 0. The zero-order valence-electron chi connectivity index (χ0n) is 14.4. The highest BCUT2D eigenvalue weighted by Gasteiger charge is 1.95. The third-order valence-electron chi connectivity index (χ3n) is 3.88. The van der Waals surface area contributed by atoms with Gasteiger partial charge >= 0.3 is 5.97 Å². The summed E-state index contributed by atoms with van der Waals surface area (Å²) in [6.07, 6.45) is 22.1. The summed E-state index contributed by atoms with van der Waals surface area (Å²) >= 11 is 0. The number of allylic oxidation sites excluding steroid dienone is 2. The van der Waals surface area contributed by atoms with Gasteiger partial charge in [-0.2, -0.15) is 0 Å². The Bertz CT molecular complexity index is 246. The third-order valence-corrected chi connectivity index (χ3v) is 3.88. The van der Waals surface area contributed by atoms with Crippen LogP contribution in [0.25, 0.3) is 0 Å². The summed E-state index contributed by atoms with van der Waals surface area (Å²) in [5.74, 6) is -0.116. The Morgan fingerprint density at radius 2 is 1.24 bits per heavy atom. The zero-order chi connectivity index (χ0) is 15.6. The zero-order valence-corrected chi connectivity index (χ0v) is 14.4. The second kappa shape index (κ2) is 17.3. The van der Waals surface area contributed by atoms with Crippen molar-refractivity contribution >= 4 is 5.97 Å². The van der Waals surface area contributed by atoms with Crippen molar-refractivity contribution in [1.29, 1.82) is 0 Å². The molecule has 124 valence electrons. The molecule has 0 N–H and O–H groups in total. The van der Waals surface area contributed by atoms with Gasteiger partial charge in [-0.1, -0.05) is 83.3 Å². The third kappa shape index (κ3) is 17.2. The summed E-state index contributed by atoms with van der Waals surface area (Å²) in [5, 5.41) is 0. The Balaban J connectivity index is 3.08.